The van der Waals surface area contributed by atoms with E-state index in [2.05, 4.69) is 19.2 Å². The van der Waals surface area contributed by atoms with Crippen LogP contribution in [0.4, 0.5) is 5.69 Å². The number of nitro groups is 1. The van der Waals surface area contributed by atoms with E-state index in [9.17, 15) is 14.9 Å². The van der Waals surface area contributed by atoms with Crippen molar-refractivity contribution in [2.24, 2.45) is 0 Å². The molecule has 0 aliphatic carbocycles. The van der Waals surface area contributed by atoms with Gasteiger partial charge >= 0.3 is 0 Å². The summed E-state index contributed by atoms with van der Waals surface area (Å²) >= 11 is 0. The molecule has 0 radical (unpaired) electrons. The highest BCUT2D eigenvalue weighted by Gasteiger charge is 2.48. The molecule has 0 saturated carbocycles. The van der Waals surface area contributed by atoms with Gasteiger partial charge in [-0.25, -0.2) is 0 Å². The number of rotatable bonds is 4. The Morgan fingerprint density at radius 2 is 1.67 bits per heavy atom. The van der Waals surface area contributed by atoms with E-state index in [1.165, 1.54) is 12.1 Å². The zero-order valence-corrected chi connectivity index (χ0v) is 16.1. The van der Waals surface area contributed by atoms with Crippen molar-refractivity contribution in [3.8, 4) is 0 Å². The molecule has 2 aromatic carbocycles. The van der Waals surface area contributed by atoms with Crippen LogP contribution in [0.2, 0.25) is 0 Å². The Bertz CT molecular complexity index is 849. The van der Waals surface area contributed by atoms with Crippen molar-refractivity contribution in [3.05, 3.63) is 75.8 Å². The number of hydrogen-bond donors (Lipinski definition) is 1. The zero-order valence-electron chi connectivity index (χ0n) is 16.1. The largest absolute Gasteiger partial charge is 0.332 e. The Morgan fingerprint density at radius 1 is 1.07 bits per heavy atom. The van der Waals surface area contributed by atoms with Crippen LogP contribution in [0.5, 0.6) is 0 Å². The Morgan fingerprint density at radius 3 is 2.22 bits per heavy atom. The molecule has 2 aromatic rings. The Kier molecular flexibility index (Phi) is 4.78. The molecule has 1 amide bonds. The molecule has 1 N–H and O–H groups in total. The van der Waals surface area contributed by atoms with Gasteiger partial charge in [-0.1, -0.05) is 30.3 Å². The summed E-state index contributed by atoms with van der Waals surface area (Å²) in [5.41, 5.74) is 0.540. The van der Waals surface area contributed by atoms with Crippen LogP contribution in [0.25, 0.3) is 0 Å². The van der Waals surface area contributed by atoms with Gasteiger partial charge in [-0.3, -0.25) is 20.2 Å². The molecule has 1 aliphatic heterocycles. The van der Waals surface area contributed by atoms with Gasteiger partial charge in [-0.2, -0.15) is 0 Å². The van der Waals surface area contributed by atoms with Gasteiger partial charge in [0, 0.05) is 24.2 Å². The van der Waals surface area contributed by atoms with Crippen molar-refractivity contribution in [1.82, 2.24) is 10.2 Å². The third-order valence-electron chi connectivity index (χ3n) is 5.25. The summed E-state index contributed by atoms with van der Waals surface area (Å²) in [5.74, 6) is -0.0352. The molecule has 1 fully saturated rings. The van der Waals surface area contributed by atoms with Crippen LogP contribution in [0.15, 0.2) is 54.6 Å². The monoisotopic (exact) mass is 367 g/mol. The highest BCUT2D eigenvalue weighted by Crippen LogP contribution is 2.36. The molecular formula is C21H25N3O3. The highest BCUT2D eigenvalue weighted by molar-refractivity contribution is 5.89. The van der Waals surface area contributed by atoms with E-state index in [0.29, 0.717) is 6.54 Å². The minimum Gasteiger partial charge on any atom is -0.332 e. The number of carbonyl (C=O) groups is 1. The Balaban J connectivity index is 1.99. The molecule has 1 saturated heterocycles. The minimum absolute atomic E-state index is 0.0133. The van der Waals surface area contributed by atoms with Gasteiger partial charge in [0.15, 0.2) is 0 Å². The van der Waals surface area contributed by atoms with Crippen molar-refractivity contribution in [2.75, 3.05) is 6.54 Å². The number of non-ortho nitro benzene ring substituents is 1. The molecule has 2 unspecified atom stereocenters. The fourth-order valence-corrected chi connectivity index (χ4v) is 3.89. The Hall–Kier alpha value is -2.73. The molecule has 0 bridgehead atoms. The lowest BCUT2D eigenvalue weighted by molar-refractivity contribution is -0.384. The van der Waals surface area contributed by atoms with Crippen LogP contribution < -0.4 is 5.32 Å². The molecule has 2 atom stereocenters. The molecule has 6 nitrogen and oxygen atoms in total. The van der Waals surface area contributed by atoms with Crippen LogP contribution >= 0.6 is 0 Å². The molecule has 3 rings (SSSR count). The number of nitrogens with zero attached hydrogens (tertiary/aromatic N) is 2. The van der Waals surface area contributed by atoms with E-state index in [1.807, 2.05) is 49.1 Å². The average molecular weight is 367 g/mol. The van der Waals surface area contributed by atoms with E-state index < -0.39 is 10.5 Å². The van der Waals surface area contributed by atoms with Crippen LogP contribution in [0, 0.1) is 10.1 Å². The van der Waals surface area contributed by atoms with Gasteiger partial charge < -0.3 is 4.90 Å². The quantitative estimate of drug-likeness (QED) is 0.659. The molecule has 0 aromatic heterocycles. The van der Waals surface area contributed by atoms with E-state index >= 15 is 0 Å². The first-order chi connectivity index (χ1) is 12.6. The van der Waals surface area contributed by atoms with E-state index in [4.69, 9.17) is 0 Å². The van der Waals surface area contributed by atoms with Crippen molar-refractivity contribution < 1.29 is 9.72 Å². The second kappa shape index (κ2) is 6.78. The van der Waals surface area contributed by atoms with Gasteiger partial charge in [0.25, 0.3) is 5.69 Å². The standard InChI is InChI=1S/C21H25N3O3/c1-15(16-8-6-5-7-9-16)23-14-20(2,3)22-21(4,19(23)25)17-10-12-18(13-11-17)24(26)27/h5-13,15,22H,14H2,1-4H3. The number of benzene rings is 2. The maximum absolute atomic E-state index is 13.5. The third-order valence-corrected chi connectivity index (χ3v) is 5.25. The first kappa shape index (κ1) is 19.0. The second-order valence-corrected chi connectivity index (χ2v) is 7.96. The normalized spacial score (nSPS) is 23.1. The first-order valence-electron chi connectivity index (χ1n) is 9.04. The highest BCUT2D eigenvalue weighted by atomic mass is 16.6. The van der Waals surface area contributed by atoms with E-state index in [-0.39, 0.29) is 23.2 Å². The van der Waals surface area contributed by atoms with Gasteiger partial charge in [-0.05, 0) is 51.0 Å². The number of amides is 1. The molecule has 0 spiro atoms. The lowest BCUT2D eigenvalue weighted by Crippen LogP contribution is -2.69. The van der Waals surface area contributed by atoms with Crippen LogP contribution in [-0.2, 0) is 10.3 Å². The van der Waals surface area contributed by atoms with Gasteiger partial charge in [0.2, 0.25) is 5.91 Å². The predicted molar refractivity (Wildman–Crippen MR) is 104 cm³/mol. The third kappa shape index (κ3) is 3.57. The number of hydrogen-bond acceptors (Lipinski definition) is 4. The summed E-state index contributed by atoms with van der Waals surface area (Å²) in [6.07, 6.45) is 0. The van der Waals surface area contributed by atoms with E-state index in [0.717, 1.165) is 11.1 Å². The zero-order chi connectivity index (χ0) is 19.8. The molecule has 6 heteroatoms. The summed E-state index contributed by atoms with van der Waals surface area (Å²) in [6, 6.07) is 16.1. The van der Waals surface area contributed by atoms with E-state index in [1.54, 1.807) is 12.1 Å². The fraction of sp³-hybridized carbons (Fsp3) is 0.381. The van der Waals surface area contributed by atoms with Crippen molar-refractivity contribution in [1.29, 1.82) is 0 Å². The van der Waals surface area contributed by atoms with Crippen molar-refractivity contribution in [2.45, 2.75) is 44.8 Å². The molecule has 1 heterocycles. The summed E-state index contributed by atoms with van der Waals surface area (Å²) in [4.78, 5) is 25.9. The molecule has 1 aliphatic rings. The number of nitro benzene ring substituents is 1. The smallest absolute Gasteiger partial charge is 0.269 e. The maximum Gasteiger partial charge on any atom is 0.269 e. The van der Waals surface area contributed by atoms with Crippen molar-refractivity contribution in [3.63, 3.8) is 0 Å². The second-order valence-electron chi connectivity index (χ2n) is 7.96. The predicted octanol–water partition coefficient (Wildman–Crippen LogP) is 3.78. The number of nitrogens with one attached hydrogen (secondary N) is 1. The SMILES string of the molecule is CC(c1ccccc1)N1CC(C)(C)NC(C)(c2ccc([N+](=O)[O-])cc2)C1=O. The Labute approximate surface area is 159 Å². The topological polar surface area (TPSA) is 75.5 Å². The lowest BCUT2D eigenvalue weighted by Gasteiger charge is -2.50. The summed E-state index contributed by atoms with van der Waals surface area (Å²) in [5, 5.41) is 14.4. The number of piperazine rings is 1. The van der Waals surface area contributed by atoms with Crippen LogP contribution in [0.3, 0.4) is 0 Å². The van der Waals surface area contributed by atoms with Gasteiger partial charge in [0.1, 0.15) is 5.54 Å². The summed E-state index contributed by atoms with van der Waals surface area (Å²) in [7, 11) is 0. The lowest BCUT2D eigenvalue weighted by atomic mass is 9.82. The summed E-state index contributed by atoms with van der Waals surface area (Å²) < 4.78 is 0. The molecule has 27 heavy (non-hydrogen) atoms. The maximum atomic E-state index is 13.5. The summed E-state index contributed by atoms with van der Waals surface area (Å²) in [6.45, 7) is 8.58. The average Bonchev–Trinajstić information content (AvgIpc) is 2.64. The van der Waals surface area contributed by atoms with Crippen LogP contribution in [0.1, 0.15) is 44.9 Å². The van der Waals surface area contributed by atoms with Gasteiger partial charge in [-0.15, -0.1) is 0 Å². The minimum atomic E-state index is -0.958. The first-order valence-corrected chi connectivity index (χ1v) is 9.04. The van der Waals surface area contributed by atoms with Gasteiger partial charge in [0.05, 0.1) is 11.0 Å². The fourth-order valence-electron chi connectivity index (χ4n) is 3.89. The number of carbonyl (C=O) groups excluding carboxylic acids is 1. The van der Waals surface area contributed by atoms with Crippen LogP contribution in [-0.4, -0.2) is 27.8 Å². The molecule has 142 valence electrons. The van der Waals surface area contributed by atoms with Crippen molar-refractivity contribution >= 4 is 11.6 Å². The molecular weight excluding hydrogens is 342 g/mol.